The third kappa shape index (κ3) is 3.37. The molecule has 0 aromatic heterocycles. The minimum absolute atomic E-state index is 0.167. The van der Waals surface area contributed by atoms with Crippen LogP contribution in [0.4, 0.5) is 8.78 Å². The standard InChI is InChI=1S/C15H13BrClF2N/c1-20-14(11-8-10(17)5-6-12(11)16)7-9-3-2-4-13(18)15(9)19/h2-6,8,14,20H,7H2,1H3. The first kappa shape index (κ1) is 15.4. The summed E-state index contributed by atoms with van der Waals surface area (Å²) in [5.74, 6) is -1.63. The number of likely N-dealkylation sites (N-methyl/N-ethyl adjacent to an activating group) is 1. The molecule has 106 valence electrons. The minimum atomic E-state index is -0.831. The van der Waals surface area contributed by atoms with Gasteiger partial charge in [0.25, 0.3) is 0 Å². The number of halogens is 4. The molecule has 0 saturated carbocycles. The van der Waals surface area contributed by atoms with Crippen LogP contribution in [0.1, 0.15) is 17.2 Å². The van der Waals surface area contributed by atoms with Crippen molar-refractivity contribution in [2.45, 2.75) is 12.5 Å². The quantitative estimate of drug-likeness (QED) is 0.819. The number of rotatable bonds is 4. The van der Waals surface area contributed by atoms with E-state index in [0.717, 1.165) is 16.1 Å². The molecule has 0 amide bonds. The Bertz CT molecular complexity index is 619. The van der Waals surface area contributed by atoms with Gasteiger partial charge in [-0.1, -0.05) is 39.7 Å². The zero-order valence-corrected chi connectivity index (χ0v) is 13.1. The maximum absolute atomic E-state index is 13.8. The predicted molar refractivity (Wildman–Crippen MR) is 81.0 cm³/mol. The van der Waals surface area contributed by atoms with Crippen LogP contribution in [0.15, 0.2) is 40.9 Å². The van der Waals surface area contributed by atoms with E-state index in [9.17, 15) is 8.78 Å². The summed E-state index contributed by atoms with van der Waals surface area (Å²) < 4.78 is 27.9. The largest absolute Gasteiger partial charge is 0.313 e. The summed E-state index contributed by atoms with van der Waals surface area (Å²) in [4.78, 5) is 0. The van der Waals surface area contributed by atoms with Crippen molar-refractivity contribution in [3.8, 4) is 0 Å². The Hall–Kier alpha value is -0.970. The molecule has 5 heteroatoms. The Morgan fingerprint density at radius 3 is 2.70 bits per heavy atom. The summed E-state index contributed by atoms with van der Waals surface area (Å²) in [5.41, 5.74) is 1.24. The fraction of sp³-hybridized carbons (Fsp3) is 0.200. The molecule has 0 saturated heterocycles. The van der Waals surface area contributed by atoms with E-state index in [1.807, 2.05) is 12.1 Å². The van der Waals surface area contributed by atoms with E-state index in [-0.39, 0.29) is 6.04 Å². The van der Waals surface area contributed by atoms with Gasteiger partial charge in [-0.2, -0.15) is 0 Å². The van der Waals surface area contributed by atoms with Crippen molar-refractivity contribution in [2.75, 3.05) is 7.05 Å². The van der Waals surface area contributed by atoms with Crippen molar-refractivity contribution in [2.24, 2.45) is 0 Å². The van der Waals surface area contributed by atoms with Gasteiger partial charge < -0.3 is 5.32 Å². The SMILES string of the molecule is CNC(Cc1cccc(F)c1F)c1cc(Cl)ccc1Br. The van der Waals surface area contributed by atoms with E-state index in [2.05, 4.69) is 21.2 Å². The summed E-state index contributed by atoms with van der Waals surface area (Å²) in [7, 11) is 1.77. The van der Waals surface area contributed by atoms with Gasteiger partial charge >= 0.3 is 0 Å². The molecule has 0 heterocycles. The Balaban J connectivity index is 2.34. The van der Waals surface area contributed by atoms with Crippen LogP contribution >= 0.6 is 27.5 Å². The molecule has 1 atom stereocenters. The van der Waals surface area contributed by atoms with Gasteiger partial charge in [0.05, 0.1) is 0 Å². The molecule has 0 aliphatic rings. The first-order chi connectivity index (χ1) is 9.52. The van der Waals surface area contributed by atoms with Crippen LogP contribution in [0.2, 0.25) is 5.02 Å². The minimum Gasteiger partial charge on any atom is -0.313 e. The van der Waals surface area contributed by atoms with Gasteiger partial charge in [0.2, 0.25) is 0 Å². The highest BCUT2D eigenvalue weighted by molar-refractivity contribution is 9.10. The second-order valence-corrected chi connectivity index (χ2v) is 5.71. The van der Waals surface area contributed by atoms with Gasteiger partial charge in [0.15, 0.2) is 11.6 Å². The maximum atomic E-state index is 13.8. The van der Waals surface area contributed by atoms with E-state index >= 15 is 0 Å². The third-order valence-electron chi connectivity index (χ3n) is 3.14. The zero-order chi connectivity index (χ0) is 14.7. The van der Waals surface area contributed by atoms with Crippen molar-refractivity contribution >= 4 is 27.5 Å². The van der Waals surface area contributed by atoms with Gasteiger partial charge in [-0.15, -0.1) is 0 Å². The van der Waals surface area contributed by atoms with Crippen LogP contribution < -0.4 is 5.32 Å². The zero-order valence-electron chi connectivity index (χ0n) is 10.8. The highest BCUT2D eigenvalue weighted by Crippen LogP contribution is 2.29. The van der Waals surface area contributed by atoms with Gasteiger partial charge in [-0.25, -0.2) is 8.78 Å². The Morgan fingerprint density at radius 2 is 2.00 bits per heavy atom. The average molecular weight is 361 g/mol. The molecule has 0 radical (unpaired) electrons. The van der Waals surface area contributed by atoms with Crippen molar-refractivity contribution in [3.05, 3.63) is 68.7 Å². The maximum Gasteiger partial charge on any atom is 0.162 e. The molecule has 20 heavy (non-hydrogen) atoms. The molecule has 1 nitrogen and oxygen atoms in total. The van der Waals surface area contributed by atoms with E-state index in [4.69, 9.17) is 11.6 Å². The summed E-state index contributed by atoms with van der Waals surface area (Å²) in [5, 5.41) is 3.70. The number of benzene rings is 2. The molecule has 2 aromatic carbocycles. The predicted octanol–water partition coefficient (Wildman–Crippen LogP) is 4.88. The summed E-state index contributed by atoms with van der Waals surface area (Å²) in [6.45, 7) is 0. The van der Waals surface area contributed by atoms with Crippen molar-refractivity contribution in [1.29, 1.82) is 0 Å². The van der Waals surface area contributed by atoms with Gasteiger partial charge in [-0.05, 0) is 48.9 Å². The third-order valence-corrected chi connectivity index (χ3v) is 4.09. The highest BCUT2D eigenvalue weighted by atomic mass is 79.9. The summed E-state index contributed by atoms with van der Waals surface area (Å²) in [6.07, 6.45) is 0.332. The van der Waals surface area contributed by atoms with E-state index in [1.165, 1.54) is 6.07 Å². The number of nitrogens with one attached hydrogen (secondary N) is 1. The van der Waals surface area contributed by atoms with Crippen molar-refractivity contribution in [1.82, 2.24) is 5.32 Å². The molecule has 1 unspecified atom stereocenters. The molecule has 0 aliphatic carbocycles. The van der Waals surface area contributed by atoms with Crippen LogP contribution in [0.25, 0.3) is 0 Å². The van der Waals surface area contributed by atoms with Crippen molar-refractivity contribution < 1.29 is 8.78 Å². The van der Waals surface area contributed by atoms with Crippen LogP contribution in [0.5, 0.6) is 0 Å². The van der Waals surface area contributed by atoms with Gasteiger partial charge in [-0.3, -0.25) is 0 Å². The average Bonchev–Trinajstić information content (AvgIpc) is 2.43. The van der Waals surface area contributed by atoms with E-state index in [1.54, 1.807) is 19.2 Å². The topological polar surface area (TPSA) is 12.0 Å². The van der Waals surface area contributed by atoms with Gasteiger partial charge in [0.1, 0.15) is 0 Å². The molecule has 0 bridgehead atoms. The van der Waals surface area contributed by atoms with Crippen LogP contribution in [0.3, 0.4) is 0 Å². The molecule has 1 N–H and O–H groups in total. The lowest BCUT2D eigenvalue weighted by Crippen LogP contribution is -2.20. The van der Waals surface area contributed by atoms with Gasteiger partial charge in [0, 0.05) is 15.5 Å². The van der Waals surface area contributed by atoms with Crippen LogP contribution in [0, 0.1) is 11.6 Å². The Morgan fingerprint density at radius 1 is 1.25 bits per heavy atom. The lowest BCUT2D eigenvalue weighted by molar-refractivity contribution is 0.486. The lowest BCUT2D eigenvalue weighted by Gasteiger charge is -2.19. The molecule has 0 spiro atoms. The fourth-order valence-electron chi connectivity index (χ4n) is 2.08. The Kier molecular flexibility index (Phi) is 5.13. The molecule has 0 fully saturated rings. The molecular formula is C15H13BrClF2N. The first-order valence-corrected chi connectivity index (χ1v) is 7.25. The van der Waals surface area contributed by atoms with Crippen LogP contribution in [-0.4, -0.2) is 7.05 Å². The first-order valence-electron chi connectivity index (χ1n) is 6.08. The second-order valence-electron chi connectivity index (χ2n) is 4.42. The lowest BCUT2D eigenvalue weighted by atomic mass is 9.98. The number of hydrogen-bond acceptors (Lipinski definition) is 1. The smallest absolute Gasteiger partial charge is 0.162 e. The summed E-state index contributed by atoms with van der Waals surface area (Å²) >= 11 is 9.45. The molecule has 2 aromatic rings. The molecular weight excluding hydrogens is 348 g/mol. The van der Waals surface area contributed by atoms with E-state index in [0.29, 0.717) is 17.0 Å². The second kappa shape index (κ2) is 6.66. The normalized spacial score (nSPS) is 12.4. The monoisotopic (exact) mass is 359 g/mol. The fourth-order valence-corrected chi connectivity index (χ4v) is 2.78. The molecule has 0 aliphatic heterocycles. The Labute approximate surface area is 130 Å². The van der Waals surface area contributed by atoms with Crippen molar-refractivity contribution in [3.63, 3.8) is 0 Å². The number of hydrogen-bond donors (Lipinski definition) is 1. The summed E-state index contributed by atoms with van der Waals surface area (Å²) in [6, 6.07) is 9.45. The van der Waals surface area contributed by atoms with E-state index < -0.39 is 11.6 Å². The molecule has 2 rings (SSSR count). The van der Waals surface area contributed by atoms with Crippen LogP contribution in [-0.2, 0) is 6.42 Å². The highest BCUT2D eigenvalue weighted by Gasteiger charge is 2.17.